The Labute approximate surface area is 157 Å². The van der Waals surface area contributed by atoms with Crippen LogP contribution in [0.15, 0.2) is 47.4 Å². The summed E-state index contributed by atoms with van der Waals surface area (Å²) in [6.07, 6.45) is 0. The van der Waals surface area contributed by atoms with Crippen molar-refractivity contribution in [1.82, 2.24) is 4.31 Å². The number of hydrogen-bond donors (Lipinski definition) is 2. The van der Waals surface area contributed by atoms with Gasteiger partial charge in [-0.25, -0.2) is 12.7 Å². The van der Waals surface area contributed by atoms with E-state index >= 15 is 0 Å². The van der Waals surface area contributed by atoms with Crippen molar-refractivity contribution in [3.05, 3.63) is 58.1 Å². The van der Waals surface area contributed by atoms with E-state index in [4.69, 9.17) is 0 Å². The number of amides is 1. The Morgan fingerprint density at radius 3 is 2.33 bits per heavy atom. The van der Waals surface area contributed by atoms with Crippen LogP contribution >= 0.6 is 0 Å². The van der Waals surface area contributed by atoms with E-state index in [-0.39, 0.29) is 23.0 Å². The minimum absolute atomic E-state index is 0.0688. The number of nitro benzene ring substituents is 1. The van der Waals surface area contributed by atoms with Crippen LogP contribution in [0.5, 0.6) is 0 Å². The summed E-state index contributed by atoms with van der Waals surface area (Å²) in [6, 6.07) is 10.1. The maximum atomic E-state index is 12.2. The number of carbonyl (C=O) groups excluding carboxylic acids is 1. The third-order valence-corrected chi connectivity index (χ3v) is 5.60. The number of nitrogens with one attached hydrogen (secondary N) is 2. The van der Waals surface area contributed by atoms with E-state index in [0.29, 0.717) is 11.4 Å². The first-order valence-corrected chi connectivity index (χ1v) is 9.36. The Kier molecular flexibility index (Phi) is 6.13. The van der Waals surface area contributed by atoms with Gasteiger partial charge in [0.05, 0.1) is 16.4 Å². The zero-order valence-corrected chi connectivity index (χ0v) is 15.9. The summed E-state index contributed by atoms with van der Waals surface area (Å²) in [4.78, 5) is 22.3. The average molecular weight is 392 g/mol. The number of aryl methyl sites for hydroxylation is 1. The van der Waals surface area contributed by atoms with E-state index in [9.17, 15) is 23.3 Å². The molecule has 0 atom stereocenters. The quantitative estimate of drug-likeness (QED) is 0.550. The van der Waals surface area contributed by atoms with Crippen molar-refractivity contribution in [3.63, 3.8) is 0 Å². The molecule has 0 bridgehead atoms. The third-order valence-electron chi connectivity index (χ3n) is 3.79. The summed E-state index contributed by atoms with van der Waals surface area (Å²) in [7, 11) is -0.688. The van der Waals surface area contributed by atoms with Gasteiger partial charge in [0.1, 0.15) is 0 Å². The molecule has 0 saturated heterocycles. The molecule has 0 aliphatic heterocycles. The summed E-state index contributed by atoms with van der Waals surface area (Å²) < 4.78 is 25.6. The maximum Gasteiger partial charge on any atom is 0.269 e. The molecule has 2 aromatic carbocycles. The van der Waals surface area contributed by atoms with Crippen molar-refractivity contribution in [2.45, 2.75) is 11.8 Å². The Bertz CT molecular complexity index is 956. The molecular weight excluding hydrogens is 372 g/mol. The van der Waals surface area contributed by atoms with E-state index < -0.39 is 14.9 Å². The predicted octanol–water partition coefficient (Wildman–Crippen LogP) is 2.20. The van der Waals surface area contributed by atoms with Crippen molar-refractivity contribution >= 4 is 33.0 Å². The van der Waals surface area contributed by atoms with Gasteiger partial charge in [-0.2, -0.15) is 0 Å². The van der Waals surface area contributed by atoms with E-state index in [2.05, 4.69) is 10.6 Å². The van der Waals surface area contributed by atoms with E-state index in [1.807, 2.05) is 0 Å². The fourth-order valence-electron chi connectivity index (χ4n) is 2.21. The molecule has 2 aromatic rings. The first-order chi connectivity index (χ1) is 12.6. The topological polar surface area (TPSA) is 122 Å². The second-order valence-electron chi connectivity index (χ2n) is 5.97. The zero-order valence-electron chi connectivity index (χ0n) is 15.1. The molecular formula is C17H20N4O5S. The van der Waals surface area contributed by atoms with Gasteiger partial charge in [-0.1, -0.05) is 6.07 Å². The third kappa shape index (κ3) is 5.02. The molecule has 0 heterocycles. The number of carbonyl (C=O) groups is 1. The number of non-ortho nitro benzene ring substituents is 1. The van der Waals surface area contributed by atoms with Crippen LogP contribution in [-0.4, -0.2) is 44.2 Å². The van der Waals surface area contributed by atoms with Gasteiger partial charge in [0, 0.05) is 37.6 Å². The maximum absolute atomic E-state index is 12.2. The standard InChI is InChI=1S/C17H20N4O5S/c1-12-4-9-15(27(25,26)20(2)3)10-16(12)18-11-17(22)19-13-5-7-14(8-6-13)21(23)24/h4-10,18H,11H2,1-3H3,(H,19,22). The highest BCUT2D eigenvalue weighted by Crippen LogP contribution is 2.22. The molecule has 9 nitrogen and oxygen atoms in total. The minimum Gasteiger partial charge on any atom is -0.376 e. The lowest BCUT2D eigenvalue weighted by molar-refractivity contribution is -0.384. The summed E-state index contributed by atoms with van der Waals surface area (Å²) in [5, 5.41) is 16.1. The zero-order chi connectivity index (χ0) is 20.2. The van der Waals surface area contributed by atoms with Gasteiger partial charge in [-0.3, -0.25) is 14.9 Å². The van der Waals surface area contributed by atoms with Gasteiger partial charge in [-0.05, 0) is 36.8 Å². The number of hydrogen-bond acceptors (Lipinski definition) is 6. The van der Waals surface area contributed by atoms with Crippen LogP contribution in [0.1, 0.15) is 5.56 Å². The Morgan fingerprint density at radius 1 is 1.15 bits per heavy atom. The van der Waals surface area contributed by atoms with Crippen LogP contribution in [0, 0.1) is 17.0 Å². The van der Waals surface area contributed by atoms with Crippen LogP contribution in [0.4, 0.5) is 17.1 Å². The summed E-state index contributed by atoms with van der Waals surface area (Å²) >= 11 is 0. The number of nitrogens with zero attached hydrogens (tertiary/aromatic N) is 2. The number of sulfonamides is 1. The average Bonchev–Trinajstić information content (AvgIpc) is 2.61. The Morgan fingerprint density at radius 2 is 1.78 bits per heavy atom. The largest absolute Gasteiger partial charge is 0.376 e. The van der Waals surface area contributed by atoms with Crippen LogP contribution < -0.4 is 10.6 Å². The van der Waals surface area contributed by atoms with Crippen molar-refractivity contribution in [1.29, 1.82) is 0 Å². The van der Waals surface area contributed by atoms with Crippen LogP contribution in [0.25, 0.3) is 0 Å². The van der Waals surface area contributed by atoms with Crippen LogP contribution in [0.3, 0.4) is 0 Å². The number of nitro groups is 1. The van der Waals surface area contributed by atoms with Gasteiger partial charge in [0.15, 0.2) is 0 Å². The van der Waals surface area contributed by atoms with E-state index in [1.54, 1.807) is 13.0 Å². The summed E-state index contributed by atoms with van der Waals surface area (Å²) in [6.45, 7) is 1.70. The molecule has 27 heavy (non-hydrogen) atoms. The summed E-state index contributed by atoms with van der Waals surface area (Å²) in [5.74, 6) is -0.371. The van der Waals surface area contributed by atoms with Gasteiger partial charge in [0.2, 0.25) is 15.9 Å². The molecule has 0 radical (unpaired) electrons. The van der Waals surface area contributed by atoms with E-state index in [0.717, 1.165) is 9.87 Å². The van der Waals surface area contributed by atoms with Crippen LogP contribution in [0.2, 0.25) is 0 Å². The Hall–Kier alpha value is -2.98. The lowest BCUT2D eigenvalue weighted by Gasteiger charge is -2.15. The van der Waals surface area contributed by atoms with Crippen molar-refractivity contribution in [2.75, 3.05) is 31.3 Å². The van der Waals surface area contributed by atoms with Crippen LogP contribution in [-0.2, 0) is 14.8 Å². The monoisotopic (exact) mass is 392 g/mol. The molecule has 0 unspecified atom stereocenters. The summed E-state index contributed by atoms with van der Waals surface area (Å²) in [5.41, 5.74) is 1.67. The normalized spacial score (nSPS) is 11.3. The lowest BCUT2D eigenvalue weighted by atomic mass is 10.2. The smallest absolute Gasteiger partial charge is 0.269 e. The first kappa shape index (κ1) is 20.3. The highest BCUT2D eigenvalue weighted by Gasteiger charge is 2.18. The van der Waals surface area contributed by atoms with Gasteiger partial charge >= 0.3 is 0 Å². The number of benzene rings is 2. The molecule has 0 aliphatic rings. The SMILES string of the molecule is Cc1ccc(S(=O)(=O)N(C)C)cc1NCC(=O)Nc1ccc([N+](=O)[O-])cc1. The molecule has 0 aliphatic carbocycles. The molecule has 2 rings (SSSR count). The van der Waals surface area contributed by atoms with Crippen molar-refractivity contribution in [3.8, 4) is 0 Å². The van der Waals surface area contributed by atoms with E-state index in [1.165, 1.54) is 50.5 Å². The van der Waals surface area contributed by atoms with Crippen molar-refractivity contribution < 1.29 is 18.1 Å². The second kappa shape index (κ2) is 8.14. The van der Waals surface area contributed by atoms with Crippen molar-refractivity contribution in [2.24, 2.45) is 0 Å². The predicted molar refractivity (Wildman–Crippen MR) is 102 cm³/mol. The molecule has 1 amide bonds. The number of anilines is 2. The molecule has 2 N–H and O–H groups in total. The second-order valence-corrected chi connectivity index (χ2v) is 8.12. The molecule has 0 spiro atoms. The number of rotatable bonds is 7. The molecule has 0 aromatic heterocycles. The molecule has 144 valence electrons. The molecule has 10 heteroatoms. The lowest BCUT2D eigenvalue weighted by Crippen LogP contribution is -2.23. The first-order valence-electron chi connectivity index (χ1n) is 7.92. The Balaban J connectivity index is 2.05. The highest BCUT2D eigenvalue weighted by atomic mass is 32.2. The van der Waals surface area contributed by atoms with Gasteiger partial charge in [-0.15, -0.1) is 0 Å². The highest BCUT2D eigenvalue weighted by molar-refractivity contribution is 7.89. The fraction of sp³-hybridized carbons (Fsp3) is 0.235. The molecule has 0 fully saturated rings. The van der Waals surface area contributed by atoms with Gasteiger partial charge < -0.3 is 10.6 Å². The van der Waals surface area contributed by atoms with Gasteiger partial charge in [0.25, 0.3) is 5.69 Å². The minimum atomic E-state index is -3.58. The molecule has 0 saturated carbocycles. The fourth-order valence-corrected chi connectivity index (χ4v) is 3.14.